The number of nitrogens with one attached hydrogen (secondary N) is 1. The van der Waals surface area contributed by atoms with Gasteiger partial charge in [-0.1, -0.05) is 18.7 Å². The molecule has 3 heterocycles. The Bertz CT molecular complexity index is 1350. The minimum atomic E-state index is -0.173. The number of aromatic nitrogens is 4. The van der Waals surface area contributed by atoms with E-state index in [0.717, 1.165) is 29.5 Å². The van der Waals surface area contributed by atoms with Gasteiger partial charge in [0.05, 0.1) is 24.9 Å². The van der Waals surface area contributed by atoms with Gasteiger partial charge in [0.25, 0.3) is 10.8 Å². The monoisotopic (exact) mass is 484 g/mol. The number of methoxy groups -OCH3 is 2. The highest BCUT2D eigenvalue weighted by molar-refractivity contribution is 7.99. The van der Waals surface area contributed by atoms with E-state index in [4.69, 9.17) is 18.9 Å². The Kier molecular flexibility index (Phi) is 5.88. The van der Waals surface area contributed by atoms with Crippen molar-refractivity contribution in [2.75, 3.05) is 14.2 Å². The van der Waals surface area contributed by atoms with Crippen LogP contribution < -0.4 is 15.0 Å². The van der Waals surface area contributed by atoms with Crippen LogP contribution in [0.1, 0.15) is 41.8 Å². The number of hydrogen-bond donors (Lipinski definition) is 1. The number of aryl methyl sites for hydroxylation is 1. The topological polar surface area (TPSA) is 103 Å². The fraction of sp³-hybridized carbons (Fsp3) is 0.391. The molecule has 1 aliphatic carbocycles. The molecule has 172 valence electrons. The van der Waals surface area contributed by atoms with Gasteiger partial charge in [-0.2, -0.15) is 0 Å². The van der Waals surface area contributed by atoms with Crippen LogP contribution in [0.3, 0.4) is 0 Å². The smallest absolute Gasteiger partial charge is 0.277 e. The second-order valence-corrected chi connectivity index (χ2v) is 10.6. The van der Waals surface area contributed by atoms with Crippen molar-refractivity contribution in [2.45, 2.75) is 43.6 Å². The molecule has 0 aliphatic heterocycles. The zero-order valence-corrected chi connectivity index (χ0v) is 20.4. The first-order valence-electron chi connectivity index (χ1n) is 10.7. The molecule has 0 spiro atoms. The molecule has 1 aliphatic rings. The van der Waals surface area contributed by atoms with Crippen LogP contribution in [0.4, 0.5) is 0 Å². The Morgan fingerprint density at radius 3 is 2.70 bits per heavy atom. The molecule has 8 nitrogen and oxygen atoms in total. The lowest BCUT2D eigenvalue weighted by Gasteiger charge is -2.17. The van der Waals surface area contributed by atoms with Gasteiger partial charge in [0, 0.05) is 16.5 Å². The Morgan fingerprint density at radius 2 is 1.97 bits per heavy atom. The average molecular weight is 485 g/mol. The molecule has 0 amide bonds. The van der Waals surface area contributed by atoms with Gasteiger partial charge in [0.2, 0.25) is 5.89 Å². The molecule has 0 bridgehead atoms. The summed E-state index contributed by atoms with van der Waals surface area (Å²) in [7, 11) is 3.18. The normalized spacial score (nSPS) is 16.5. The Hall–Kier alpha value is -2.85. The number of H-pyrrole nitrogens is 1. The maximum absolute atomic E-state index is 12.9. The minimum absolute atomic E-state index is 0.0656. The second-order valence-electron chi connectivity index (χ2n) is 8.22. The van der Waals surface area contributed by atoms with Crippen molar-refractivity contribution in [1.82, 2.24) is 20.2 Å². The van der Waals surface area contributed by atoms with E-state index in [1.165, 1.54) is 22.2 Å². The number of nitrogens with zero attached hydrogens (tertiary/aromatic N) is 3. The van der Waals surface area contributed by atoms with Crippen LogP contribution in [0.2, 0.25) is 0 Å². The van der Waals surface area contributed by atoms with Crippen molar-refractivity contribution in [3.8, 4) is 23.0 Å². The number of thioether (sulfide) groups is 1. The number of thiophene rings is 1. The van der Waals surface area contributed by atoms with E-state index in [-0.39, 0.29) is 10.8 Å². The summed E-state index contributed by atoms with van der Waals surface area (Å²) in [5.74, 6) is 2.88. The first-order chi connectivity index (χ1) is 15.9. The number of hydrogen-bond acceptors (Lipinski definition) is 9. The first kappa shape index (κ1) is 22.0. The molecule has 10 heteroatoms. The van der Waals surface area contributed by atoms with Crippen LogP contribution in [0.15, 0.2) is 32.6 Å². The van der Waals surface area contributed by atoms with Crippen LogP contribution in [-0.2, 0) is 12.8 Å². The van der Waals surface area contributed by atoms with Gasteiger partial charge >= 0.3 is 0 Å². The second kappa shape index (κ2) is 8.83. The van der Waals surface area contributed by atoms with Gasteiger partial charge in [-0.3, -0.25) is 4.79 Å². The molecule has 0 fully saturated rings. The fourth-order valence-electron chi connectivity index (χ4n) is 4.07. The Labute approximate surface area is 198 Å². The minimum Gasteiger partial charge on any atom is -0.497 e. The quantitative estimate of drug-likeness (QED) is 0.380. The van der Waals surface area contributed by atoms with E-state index in [1.807, 2.05) is 6.92 Å². The summed E-state index contributed by atoms with van der Waals surface area (Å²) in [4.78, 5) is 22.8. The number of benzene rings is 1. The van der Waals surface area contributed by atoms with Crippen LogP contribution in [0.25, 0.3) is 21.7 Å². The van der Waals surface area contributed by atoms with Gasteiger partial charge < -0.3 is 18.9 Å². The highest BCUT2D eigenvalue weighted by Crippen LogP contribution is 2.38. The Balaban J connectivity index is 1.40. The third-order valence-corrected chi connectivity index (χ3v) is 7.94. The van der Waals surface area contributed by atoms with Gasteiger partial charge in [0.1, 0.15) is 22.2 Å². The zero-order valence-electron chi connectivity index (χ0n) is 18.8. The highest BCUT2D eigenvalue weighted by atomic mass is 32.2. The number of fused-ring (bicyclic) bond motifs is 3. The lowest BCUT2D eigenvalue weighted by atomic mass is 9.89. The van der Waals surface area contributed by atoms with Crippen LogP contribution >= 0.6 is 23.1 Å². The molecular weight excluding hydrogens is 460 g/mol. The van der Waals surface area contributed by atoms with E-state index in [9.17, 15) is 4.79 Å². The van der Waals surface area contributed by atoms with Crippen molar-refractivity contribution in [3.63, 3.8) is 0 Å². The van der Waals surface area contributed by atoms with Crippen molar-refractivity contribution >= 4 is 33.3 Å². The first-order valence-corrected chi connectivity index (χ1v) is 12.4. The van der Waals surface area contributed by atoms with Crippen molar-refractivity contribution in [1.29, 1.82) is 0 Å². The summed E-state index contributed by atoms with van der Waals surface area (Å²) < 4.78 is 16.5. The highest BCUT2D eigenvalue weighted by Gasteiger charge is 2.24. The van der Waals surface area contributed by atoms with Gasteiger partial charge in [-0.25, -0.2) is 4.98 Å². The largest absolute Gasteiger partial charge is 0.497 e. The van der Waals surface area contributed by atoms with E-state index >= 15 is 0 Å². The van der Waals surface area contributed by atoms with Crippen molar-refractivity contribution in [3.05, 3.63) is 44.8 Å². The molecule has 3 aromatic heterocycles. The molecule has 0 saturated heterocycles. The summed E-state index contributed by atoms with van der Waals surface area (Å²) >= 11 is 3.00. The molecule has 1 aromatic carbocycles. The standard InChI is InChI=1S/C23H24N4O4S2/c1-11-5-6-16-17(7-11)33-22-18(16)20(28)24-19(25-22)12(2)32-23-27-26-21(31-23)13-8-14(29-3)10-15(9-13)30-4/h8-12H,5-7H2,1-4H3,(H,24,25,28). The maximum Gasteiger partial charge on any atom is 0.277 e. The maximum atomic E-state index is 12.9. The van der Waals surface area contributed by atoms with Crippen LogP contribution in [-0.4, -0.2) is 34.4 Å². The van der Waals surface area contributed by atoms with Gasteiger partial charge in [-0.05, 0) is 49.8 Å². The van der Waals surface area contributed by atoms with Gasteiger partial charge in [0.15, 0.2) is 0 Å². The molecule has 33 heavy (non-hydrogen) atoms. The SMILES string of the molecule is COc1cc(OC)cc(-c2nnc(SC(C)c3nc4sc5c(c4c(=O)[nH]3)CCC(C)C5)o2)c1. The summed E-state index contributed by atoms with van der Waals surface area (Å²) in [5, 5.41) is 9.30. The number of aromatic amines is 1. The Morgan fingerprint density at radius 1 is 1.21 bits per heavy atom. The molecule has 2 atom stereocenters. The molecule has 2 unspecified atom stereocenters. The predicted octanol–water partition coefficient (Wildman–Crippen LogP) is 5.03. The summed E-state index contributed by atoms with van der Waals surface area (Å²) in [5.41, 5.74) is 1.82. The van der Waals surface area contributed by atoms with E-state index < -0.39 is 0 Å². The summed E-state index contributed by atoms with van der Waals surface area (Å²) in [6.07, 6.45) is 3.09. The predicted molar refractivity (Wildman–Crippen MR) is 129 cm³/mol. The van der Waals surface area contributed by atoms with Crippen molar-refractivity contribution in [2.24, 2.45) is 5.92 Å². The molecule has 5 rings (SSSR count). The van der Waals surface area contributed by atoms with E-state index in [2.05, 4.69) is 22.1 Å². The third-order valence-electron chi connectivity index (χ3n) is 5.85. The third kappa shape index (κ3) is 4.24. The van der Waals surface area contributed by atoms with Crippen LogP contribution in [0, 0.1) is 5.92 Å². The summed E-state index contributed by atoms with van der Waals surface area (Å²) in [6.45, 7) is 4.22. The molecule has 4 aromatic rings. The molecule has 1 N–H and O–H groups in total. The molecular formula is C23H24N4O4S2. The average Bonchev–Trinajstić information content (AvgIpc) is 3.42. The van der Waals surface area contributed by atoms with E-state index in [1.54, 1.807) is 43.8 Å². The van der Waals surface area contributed by atoms with Crippen LogP contribution in [0.5, 0.6) is 11.5 Å². The lowest BCUT2D eigenvalue weighted by molar-refractivity contribution is 0.394. The van der Waals surface area contributed by atoms with E-state index in [0.29, 0.717) is 39.9 Å². The van der Waals surface area contributed by atoms with Gasteiger partial charge in [-0.15, -0.1) is 21.5 Å². The van der Waals surface area contributed by atoms with Crippen molar-refractivity contribution < 1.29 is 13.9 Å². The number of ether oxygens (including phenoxy) is 2. The lowest BCUT2D eigenvalue weighted by Crippen LogP contribution is -2.15. The summed E-state index contributed by atoms with van der Waals surface area (Å²) in [6, 6.07) is 5.39. The zero-order chi connectivity index (χ0) is 23.1. The number of rotatable bonds is 6. The molecule has 0 saturated carbocycles. The fourth-order valence-corrected chi connectivity index (χ4v) is 6.20. The molecule has 0 radical (unpaired) electrons.